The molecule has 3 aromatic carbocycles. The van der Waals surface area contributed by atoms with Gasteiger partial charge in [0.25, 0.3) is 5.91 Å². The first-order chi connectivity index (χ1) is 16.6. The minimum absolute atomic E-state index is 0.0808. The number of aromatic nitrogens is 2. The lowest BCUT2D eigenvalue weighted by molar-refractivity contribution is -0.115. The Bertz CT molecular complexity index is 1320. The van der Waals surface area contributed by atoms with Crippen molar-refractivity contribution in [1.82, 2.24) is 15.5 Å². The van der Waals surface area contributed by atoms with Crippen LogP contribution in [0.25, 0.3) is 10.8 Å². The number of nitrogens with zero attached hydrogens (tertiary/aromatic N) is 1. The van der Waals surface area contributed by atoms with Gasteiger partial charge < -0.3 is 15.4 Å². The van der Waals surface area contributed by atoms with E-state index in [1.54, 1.807) is 37.6 Å². The topological polar surface area (TPSA) is 96.1 Å². The Balaban J connectivity index is 1.17. The number of hydrogen-bond donors (Lipinski definition) is 3. The first kappa shape index (κ1) is 21.7. The van der Waals surface area contributed by atoms with Gasteiger partial charge in [-0.1, -0.05) is 42.5 Å². The van der Waals surface area contributed by atoms with Gasteiger partial charge >= 0.3 is 0 Å². The van der Waals surface area contributed by atoms with E-state index in [1.165, 1.54) is 0 Å². The summed E-state index contributed by atoms with van der Waals surface area (Å²) < 4.78 is 5.14. The average Bonchev–Trinajstić information content (AvgIpc) is 3.28. The quantitative estimate of drug-likeness (QED) is 0.385. The van der Waals surface area contributed by atoms with E-state index >= 15 is 0 Å². The second kappa shape index (κ2) is 9.39. The molecule has 0 aliphatic heterocycles. The van der Waals surface area contributed by atoms with E-state index in [9.17, 15) is 9.59 Å². The van der Waals surface area contributed by atoms with Crippen molar-refractivity contribution in [2.75, 3.05) is 12.4 Å². The average molecular weight is 455 g/mol. The largest absolute Gasteiger partial charge is 0.497 e. The molecule has 3 N–H and O–H groups in total. The van der Waals surface area contributed by atoms with Crippen LogP contribution in [0, 0.1) is 0 Å². The van der Waals surface area contributed by atoms with Crippen LogP contribution in [0.1, 0.15) is 40.4 Å². The Kier molecular flexibility index (Phi) is 5.99. The molecule has 4 aromatic rings. The lowest BCUT2D eigenvalue weighted by Gasteiger charge is -2.35. The molecule has 0 atom stereocenters. The van der Waals surface area contributed by atoms with Crippen molar-refractivity contribution < 1.29 is 14.3 Å². The van der Waals surface area contributed by atoms with Gasteiger partial charge in [0.05, 0.1) is 31.1 Å². The van der Waals surface area contributed by atoms with Gasteiger partial charge in [-0.25, -0.2) is 0 Å². The number of carbonyl (C=O) groups is 2. The highest BCUT2D eigenvalue weighted by Crippen LogP contribution is 2.39. The minimum atomic E-state index is -0.0978. The van der Waals surface area contributed by atoms with Crippen LogP contribution in [0.15, 0.2) is 72.9 Å². The zero-order valence-electron chi connectivity index (χ0n) is 18.9. The van der Waals surface area contributed by atoms with E-state index in [-0.39, 0.29) is 30.2 Å². The molecule has 1 aliphatic rings. The van der Waals surface area contributed by atoms with Crippen LogP contribution >= 0.6 is 0 Å². The fraction of sp³-hybridized carbons (Fsp3) is 0.222. The molecule has 1 aliphatic carbocycles. The van der Waals surface area contributed by atoms with Crippen LogP contribution in [0.3, 0.4) is 0 Å². The van der Waals surface area contributed by atoms with Crippen LogP contribution in [0.4, 0.5) is 5.69 Å². The van der Waals surface area contributed by atoms with Crippen molar-refractivity contribution in [3.05, 3.63) is 89.7 Å². The Morgan fingerprint density at radius 2 is 1.79 bits per heavy atom. The number of ether oxygens (including phenoxy) is 1. The maximum atomic E-state index is 12.8. The van der Waals surface area contributed by atoms with E-state index < -0.39 is 0 Å². The molecule has 1 saturated carbocycles. The molecule has 0 radical (unpaired) electrons. The first-order valence-corrected chi connectivity index (χ1v) is 11.4. The molecule has 5 rings (SSSR count). The number of hydrogen-bond acceptors (Lipinski definition) is 4. The van der Waals surface area contributed by atoms with Crippen LogP contribution in [-0.2, 0) is 11.2 Å². The summed E-state index contributed by atoms with van der Waals surface area (Å²) in [6.07, 6.45) is 3.52. The number of nitrogens with one attached hydrogen (secondary N) is 3. The SMILES string of the molecule is COc1ccc(C(=O)NC2CC(c3[nH]ncc3NC(=O)Cc3cccc4ccccc34)C2)cc1. The fourth-order valence-electron chi connectivity index (χ4n) is 4.50. The molecule has 2 amide bonds. The highest BCUT2D eigenvalue weighted by atomic mass is 16.5. The highest BCUT2D eigenvalue weighted by Gasteiger charge is 2.34. The maximum absolute atomic E-state index is 12.8. The van der Waals surface area contributed by atoms with Crippen LogP contribution in [0.2, 0.25) is 0 Å². The Hall–Kier alpha value is -4.13. The van der Waals surface area contributed by atoms with Gasteiger partial charge in [-0.3, -0.25) is 14.7 Å². The van der Waals surface area contributed by atoms with Gasteiger partial charge in [-0.05, 0) is 53.4 Å². The van der Waals surface area contributed by atoms with E-state index in [0.717, 1.165) is 40.6 Å². The Morgan fingerprint density at radius 1 is 1.03 bits per heavy atom. The monoisotopic (exact) mass is 454 g/mol. The number of carbonyl (C=O) groups excluding carboxylic acids is 2. The number of aromatic amines is 1. The fourth-order valence-corrected chi connectivity index (χ4v) is 4.50. The van der Waals surface area contributed by atoms with E-state index in [4.69, 9.17) is 4.74 Å². The van der Waals surface area contributed by atoms with E-state index in [0.29, 0.717) is 11.3 Å². The van der Waals surface area contributed by atoms with Gasteiger partial charge in [0.1, 0.15) is 5.75 Å². The molecule has 7 nitrogen and oxygen atoms in total. The summed E-state index contributed by atoms with van der Waals surface area (Å²) in [5.74, 6) is 0.744. The summed E-state index contributed by atoms with van der Waals surface area (Å²) in [7, 11) is 1.60. The number of methoxy groups -OCH3 is 1. The van der Waals surface area contributed by atoms with Crippen molar-refractivity contribution in [2.24, 2.45) is 0 Å². The molecule has 34 heavy (non-hydrogen) atoms. The predicted octanol–water partition coefficient (Wildman–Crippen LogP) is 4.43. The molecule has 1 heterocycles. The third kappa shape index (κ3) is 4.50. The van der Waals surface area contributed by atoms with Gasteiger partial charge in [0.15, 0.2) is 0 Å². The normalized spacial score (nSPS) is 17.1. The number of benzene rings is 3. The molecule has 7 heteroatoms. The van der Waals surface area contributed by atoms with E-state index in [1.807, 2.05) is 42.5 Å². The molecular weight excluding hydrogens is 428 g/mol. The highest BCUT2D eigenvalue weighted by molar-refractivity contribution is 5.96. The van der Waals surface area contributed by atoms with Crippen LogP contribution in [0.5, 0.6) is 5.75 Å². The number of fused-ring (bicyclic) bond motifs is 1. The van der Waals surface area contributed by atoms with Crippen molar-refractivity contribution >= 4 is 28.3 Å². The van der Waals surface area contributed by atoms with Crippen LogP contribution < -0.4 is 15.4 Å². The third-order valence-corrected chi connectivity index (χ3v) is 6.41. The van der Waals surface area contributed by atoms with Crippen molar-refractivity contribution in [1.29, 1.82) is 0 Å². The predicted molar refractivity (Wildman–Crippen MR) is 131 cm³/mol. The molecule has 0 bridgehead atoms. The number of rotatable bonds is 7. The molecule has 1 aromatic heterocycles. The van der Waals surface area contributed by atoms with Gasteiger partial charge in [0.2, 0.25) is 5.91 Å². The Labute approximate surface area is 197 Å². The summed E-state index contributed by atoms with van der Waals surface area (Å²) in [5, 5.41) is 15.5. The summed E-state index contributed by atoms with van der Waals surface area (Å²) in [5.41, 5.74) is 3.20. The van der Waals surface area contributed by atoms with Gasteiger partial charge in [-0.2, -0.15) is 5.10 Å². The van der Waals surface area contributed by atoms with Crippen molar-refractivity contribution in [3.63, 3.8) is 0 Å². The number of amides is 2. The molecular formula is C27H26N4O3. The van der Waals surface area contributed by atoms with Crippen molar-refractivity contribution in [2.45, 2.75) is 31.2 Å². The second-order valence-corrected chi connectivity index (χ2v) is 8.63. The van der Waals surface area contributed by atoms with Gasteiger partial charge in [0, 0.05) is 17.5 Å². The summed E-state index contributed by atoms with van der Waals surface area (Å²) in [6, 6.07) is 21.2. The molecule has 0 spiro atoms. The lowest BCUT2D eigenvalue weighted by Crippen LogP contribution is -2.43. The number of H-pyrrole nitrogens is 1. The summed E-state index contributed by atoms with van der Waals surface area (Å²) in [4.78, 5) is 25.3. The minimum Gasteiger partial charge on any atom is -0.497 e. The lowest BCUT2D eigenvalue weighted by atomic mass is 9.77. The maximum Gasteiger partial charge on any atom is 0.251 e. The standard InChI is InChI=1S/C27H26N4O3/c1-34-22-11-9-18(10-12-22)27(33)29-21-13-20(14-21)26-24(16-28-31-26)30-25(32)15-19-7-4-6-17-5-2-3-8-23(17)19/h2-12,16,20-21H,13-15H2,1H3,(H,28,31)(H,29,33)(H,30,32). The van der Waals surface area contributed by atoms with Crippen molar-refractivity contribution in [3.8, 4) is 5.75 Å². The second-order valence-electron chi connectivity index (χ2n) is 8.63. The Morgan fingerprint density at radius 3 is 2.59 bits per heavy atom. The molecule has 0 saturated heterocycles. The first-order valence-electron chi connectivity index (χ1n) is 11.4. The van der Waals surface area contributed by atoms with E-state index in [2.05, 4.69) is 20.8 Å². The third-order valence-electron chi connectivity index (χ3n) is 6.41. The summed E-state index contributed by atoms with van der Waals surface area (Å²) in [6.45, 7) is 0. The smallest absolute Gasteiger partial charge is 0.251 e. The van der Waals surface area contributed by atoms with Crippen LogP contribution in [-0.4, -0.2) is 35.2 Å². The molecule has 172 valence electrons. The zero-order valence-corrected chi connectivity index (χ0v) is 18.9. The molecule has 0 unspecified atom stereocenters. The zero-order chi connectivity index (χ0) is 23.5. The molecule has 1 fully saturated rings. The van der Waals surface area contributed by atoms with Gasteiger partial charge in [-0.15, -0.1) is 0 Å². The summed E-state index contributed by atoms with van der Waals surface area (Å²) >= 11 is 0. The number of anilines is 1.